The van der Waals surface area contributed by atoms with Gasteiger partial charge < -0.3 is 19.5 Å². The molecule has 0 bridgehead atoms. The molecule has 1 aromatic heterocycles. The Balaban J connectivity index is 1.94. The molecule has 0 saturated carbocycles. The van der Waals surface area contributed by atoms with Crippen LogP contribution in [-0.2, 0) is 10.0 Å². The first-order valence-electron chi connectivity index (χ1n) is 9.71. The summed E-state index contributed by atoms with van der Waals surface area (Å²) >= 11 is 0. The number of hydrogen-bond acceptors (Lipinski definition) is 7. The molecule has 3 aromatic carbocycles. The molecule has 4 aromatic rings. The van der Waals surface area contributed by atoms with Gasteiger partial charge in [0.25, 0.3) is 0 Å². The highest BCUT2D eigenvalue weighted by molar-refractivity contribution is 7.92. The van der Waals surface area contributed by atoms with Crippen LogP contribution in [0.15, 0.2) is 54.6 Å². The van der Waals surface area contributed by atoms with E-state index in [-0.39, 0.29) is 0 Å². The van der Waals surface area contributed by atoms with Crippen LogP contribution in [0.4, 0.5) is 17.1 Å². The van der Waals surface area contributed by atoms with Crippen molar-refractivity contribution in [3.8, 4) is 17.2 Å². The molecule has 0 unspecified atom stereocenters. The smallest absolute Gasteiger partial charge is 0.229 e. The summed E-state index contributed by atoms with van der Waals surface area (Å²) in [7, 11) is 1.33. The number of rotatable bonds is 7. The second-order valence-electron chi connectivity index (χ2n) is 7.11. The molecule has 0 aliphatic rings. The number of methoxy groups -OCH3 is 3. The fourth-order valence-corrected chi connectivity index (χ4v) is 4.16. The number of sulfonamides is 1. The summed E-state index contributed by atoms with van der Waals surface area (Å²) in [4.78, 5) is 4.82. The summed E-state index contributed by atoms with van der Waals surface area (Å²) in [5, 5.41) is 5.15. The van der Waals surface area contributed by atoms with Crippen LogP contribution in [0.3, 0.4) is 0 Å². The van der Waals surface area contributed by atoms with Gasteiger partial charge in [0.1, 0.15) is 28.3 Å². The largest absolute Gasteiger partial charge is 0.494 e. The predicted octanol–water partition coefficient (Wildman–Crippen LogP) is 4.53. The number of fused-ring (bicyclic) bond motifs is 2. The number of nitrogens with zero attached hydrogens (tertiary/aromatic N) is 1. The third kappa shape index (κ3) is 4.06. The van der Waals surface area contributed by atoms with Crippen molar-refractivity contribution < 1.29 is 22.6 Å². The molecular formula is C23H23N3O5S. The summed E-state index contributed by atoms with van der Waals surface area (Å²) in [5.74, 6) is 1.75. The monoisotopic (exact) mass is 453 g/mol. The maximum absolute atomic E-state index is 11.6. The van der Waals surface area contributed by atoms with E-state index >= 15 is 0 Å². The van der Waals surface area contributed by atoms with Crippen LogP contribution >= 0.6 is 0 Å². The Morgan fingerprint density at radius 2 is 1.34 bits per heavy atom. The lowest BCUT2D eigenvalue weighted by Gasteiger charge is -2.18. The van der Waals surface area contributed by atoms with E-state index in [9.17, 15) is 8.42 Å². The molecule has 0 aliphatic carbocycles. The molecule has 2 N–H and O–H groups in total. The molecule has 0 spiro atoms. The lowest BCUT2D eigenvalue weighted by Crippen LogP contribution is -2.09. The van der Waals surface area contributed by atoms with E-state index in [1.807, 2.05) is 36.4 Å². The lowest BCUT2D eigenvalue weighted by atomic mass is 10.1. The number of nitrogens with one attached hydrogen (secondary N) is 2. The number of ether oxygens (including phenoxy) is 3. The van der Waals surface area contributed by atoms with Gasteiger partial charge in [0.15, 0.2) is 0 Å². The Hall–Kier alpha value is -3.72. The van der Waals surface area contributed by atoms with Crippen molar-refractivity contribution in [2.45, 2.75) is 0 Å². The van der Waals surface area contributed by atoms with Gasteiger partial charge in [-0.3, -0.25) is 4.72 Å². The molecule has 0 fully saturated rings. The predicted molar refractivity (Wildman–Crippen MR) is 127 cm³/mol. The standard InChI is InChI=1S/C23H23N3O5S/c1-29-18-9-5-7-15-21(16-8-6-10-19(30-2)23(16)25-22(15)18)24-17-12-11-14(13-20(17)31-3)26-32(4,27)28/h5-13,26H,1-4H3,(H,24,25). The van der Waals surface area contributed by atoms with Crippen molar-refractivity contribution in [1.29, 1.82) is 0 Å². The van der Waals surface area contributed by atoms with E-state index in [4.69, 9.17) is 19.2 Å². The molecule has 0 amide bonds. The molecule has 8 nitrogen and oxygen atoms in total. The first-order chi connectivity index (χ1) is 15.3. The minimum Gasteiger partial charge on any atom is -0.494 e. The summed E-state index contributed by atoms with van der Waals surface area (Å²) in [6.45, 7) is 0. The van der Waals surface area contributed by atoms with E-state index in [0.29, 0.717) is 39.7 Å². The maximum Gasteiger partial charge on any atom is 0.229 e. The van der Waals surface area contributed by atoms with Gasteiger partial charge in [-0.25, -0.2) is 13.4 Å². The second kappa shape index (κ2) is 8.43. The van der Waals surface area contributed by atoms with Crippen LogP contribution in [0.25, 0.3) is 21.8 Å². The van der Waals surface area contributed by atoms with Crippen molar-refractivity contribution in [3.63, 3.8) is 0 Å². The third-order valence-corrected chi connectivity index (χ3v) is 5.57. The fourth-order valence-electron chi connectivity index (χ4n) is 3.61. The molecule has 0 saturated heterocycles. The van der Waals surface area contributed by atoms with E-state index in [2.05, 4.69) is 10.0 Å². The molecule has 1 heterocycles. The highest BCUT2D eigenvalue weighted by atomic mass is 32.2. The summed E-state index contributed by atoms with van der Waals surface area (Å²) in [5.41, 5.74) is 3.23. The molecule has 9 heteroatoms. The van der Waals surface area contributed by atoms with Crippen LogP contribution < -0.4 is 24.2 Å². The number of aromatic nitrogens is 1. The number of hydrogen-bond donors (Lipinski definition) is 2. The number of pyridine rings is 1. The molecule has 0 aliphatic heterocycles. The van der Waals surface area contributed by atoms with Crippen LogP contribution in [0.5, 0.6) is 17.2 Å². The van der Waals surface area contributed by atoms with Gasteiger partial charge >= 0.3 is 0 Å². The molecule has 32 heavy (non-hydrogen) atoms. The van der Waals surface area contributed by atoms with Crippen LogP contribution in [-0.4, -0.2) is 41.0 Å². The van der Waals surface area contributed by atoms with E-state index in [0.717, 1.165) is 22.7 Å². The summed E-state index contributed by atoms with van der Waals surface area (Å²) < 4.78 is 42.2. The zero-order chi connectivity index (χ0) is 22.9. The van der Waals surface area contributed by atoms with Crippen LogP contribution in [0.1, 0.15) is 0 Å². The maximum atomic E-state index is 11.6. The number of anilines is 3. The first kappa shape index (κ1) is 21.5. The van der Waals surface area contributed by atoms with Crippen LogP contribution in [0, 0.1) is 0 Å². The van der Waals surface area contributed by atoms with Gasteiger partial charge in [0.05, 0.1) is 44.6 Å². The van der Waals surface area contributed by atoms with Gasteiger partial charge in [0.2, 0.25) is 10.0 Å². The summed E-state index contributed by atoms with van der Waals surface area (Å²) in [6, 6.07) is 16.5. The Morgan fingerprint density at radius 1 is 0.781 bits per heavy atom. The average molecular weight is 454 g/mol. The van der Waals surface area contributed by atoms with Gasteiger partial charge in [-0.1, -0.05) is 24.3 Å². The minimum atomic E-state index is -3.41. The minimum absolute atomic E-state index is 0.405. The van der Waals surface area contributed by atoms with Crippen molar-refractivity contribution in [2.24, 2.45) is 0 Å². The quantitative estimate of drug-likeness (QED) is 0.397. The van der Waals surface area contributed by atoms with E-state index in [1.54, 1.807) is 32.4 Å². The number of para-hydroxylation sites is 2. The highest BCUT2D eigenvalue weighted by Crippen LogP contribution is 2.41. The average Bonchev–Trinajstić information content (AvgIpc) is 2.77. The lowest BCUT2D eigenvalue weighted by molar-refractivity contribution is 0.417. The Morgan fingerprint density at radius 3 is 1.84 bits per heavy atom. The van der Waals surface area contributed by atoms with Crippen LogP contribution in [0.2, 0.25) is 0 Å². The normalized spacial score (nSPS) is 11.4. The second-order valence-corrected chi connectivity index (χ2v) is 8.86. The van der Waals surface area contributed by atoms with E-state index < -0.39 is 10.0 Å². The first-order valence-corrected chi connectivity index (χ1v) is 11.6. The Labute approximate surface area is 186 Å². The van der Waals surface area contributed by atoms with Crippen molar-refractivity contribution in [2.75, 3.05) is 37.6 Å². The third-order valence-electron chi connectivity index (χ3n) is 4.96. The topological polar surface area (TPSA) is 98.8 Å². The Kier molecular flexibility index (Phi) is 5.67. The van der Waals surface area contributed by atoms with Gasteiger partial charge in [-0.2, -0.15) is 0 Å². The van der Waals surface area contributed by atoms with Crippen molar-refractivity contribution in [3.05, 3.63) is 54.6 Å². The van der Waals surface area contributed by atoms with Crippen molar-refractivity contribution >= 4 is 48.9 Å². The Bertz CT molecular complexity index is 1360. The number of benzene rings is 3. The van der Waals surface area contributed by atoms with Gasteiger partial charge in [-0.05, 0) is 24.3 Å². The zero-order valence-corrected chi connectivity index (χ0v) is 18.9. The summed E-state index contributed by atoms with van der Waals surface area (Å²) in [6.07, 6.45) is 1.10. The SMILES string of the molecule is COc1cc(NS(C)(=O)=O)ccc1Nc1c2cccc(OC)c2nc2c(OC)cccc12. The van der Waals surface area contributed by atoms with Crippen molar-refractivity contribution in [1.82, 2.24) is 4.98 Å². The zero-order valence-electron chi connectivity index (χ0n) is 18.1. The highest BCUT2D eigenvalue weighted by Gasteiger charge is 2.17. The molecule has 0 radical (unpaired) electrons. The van der Waals surface area contributed by atoms with Gasteiger partial charge in [-0.15, -0.1) is 0 Å². The molecule has 4 rings (SSSR count). The molecular weight excluding hydrogens is 430 g/mol. The van der Waals surface area contributed by atoms with E-state index in [1.165, 1.54) is 7.11 Å². The molecule has 166 valence electrons. The molecule has 0 atom stereocenters. The van der Waals surface area contributed by atoms with Gasteiger partial charge in [0, 0.05) is 16.8 Å². The fraction of sp³-hybridized carbons (Fsp3) is 0.174.